The summed E-state index contributed by atoms with van der Waals surface area (Å²) >= 11 is 0. The van der Waals surface area contributed by atoms with Crippen molar-refractivity contribution in [3.05, 3.63) is 65.7 Å². The van der Waals surface area contributed by atoms with Crippen LogP contribution in [-0.4, -0.2) is 60.5 Å². The molecule has 2 aliphatic rings. The Bertz CT molecular complexity index is 947. The molecule has 2 heterocycles. The van der Waals surface area contributed by atoms with Gasteiger partial charge in [0.2, 0.25) is 5.91 Å². The Labute approximate surface area is 180 Å². The summed E-state index contributed by atoms with van der Waals surface area (Å²) in [7, 11) is 1.57. The number of amides is 4. The van der Waals surface area contributed by atoms with E-state index in [-0.39, 0.29) is 30.9 Å². The summed E-state index contributed by atoms with van der Waals surface area (Å²) in [5.41, 5.74) is 1.81. The molecular formula is C23H25N3O5. The van der Waals surface area contributed by atoms with Crippen LogP contribution in [0.2, 0.25) is 0 Å². The van der Waals surface area contributed by atoms with Crippen molar-refractivity contribution in [2.24, 2.45) is 0 Å². The maximum atomic E-state index is 12.9. The molecule has 8 heteroatoms. The fourth-order valence-electron chi connectivity index (χ4n) is 3.83. The normalized spacial score (nSPS) is 21.2. The fraction of sp³-hybridized carbons (Fsp3) is 0.348. The van der Waals surface area contributed by atoms with E-state index >= 15 is 0 Å². The van der Waals surface area contributed by atoms with Gasteiger partial charge in [0.15, 0.2) is 0 Å². The van der Waals surface area contributed by atoms with Crippen molar-refractivity contribution in [2.45, 2.75) is 25.1 Å². The van der Waals surface area contributed by atoms with Crippen LogP contribution in [0.25, 0.3) is 0 Å². The number of rotatable bonds is 6. The predicted octanol–water partition coefficient (Wildman–Crippen LogP) is 2.11. The Morgan fingerprint density at radius 1 is 1.13 bits per heavy atom. The highest BCUT2D eigenvalue weighted by molar-refractivity contribution is 6.05. The van der Waals surface area contributed by atoms with Crippen LogP contribution in [0.4, 0.5) is 4.79 Å². The lowest BCUT2D eigenvalue weighted by molar-refractivity contribution is -0.141. The van der Waals surface area contributed by atoms with Crippen LogP contribution in [0.3, 0.4) is 0 Å². The number of carbonyl (C=O) groups is 3. The molecule has 2 fully saturated rings. The monoisotopic (exact) mass is 423 g/mol. The quantitative estimate of drug-likeness (QED) is 0.719. The first-order chi connectivity index (χ1) is 15.0. The third kappa shape index (κ3) is 4.69. The van der Waals surface area contributed by atoms with Crippen molar-refractivity contribution in [1.82, 2.24) is 15.1 Å². The van der Waals surface area contributed by atoms with E-state index in [9.17, 15) is 14.4 Å². The molecule has 2 aromatic carbocycles. The number of imide groups is 1. The number of methoxy groups -OCH3 is 1. The number of urea groups is 1. The van der Waals surface area contributed by atoms with Gasteiger partial charge in [-0.05, 0) is 23.3 Å². The molecule has 0 aliphatic carbocycles. The molecule has 2 aromatic rings. The van der Waals surface area contributed by atoms with E-state index in [1.54, 1.807) is 36.3 Å². The largest absolute Gasteiger partial charge is 0.497 e. The van der Waals surface area contributed by atoms with Gasteiger partial charge in [-0.2, -0.15) is 0 Å². The van der Waals surface area contributed by atoms with Crippen molar-refractivity contribution in [2.75, 3.05) is 26.8 Å². The minimum atomic E-state index is -0.851. The average Bonchev–Trinajstić information content (AvgIpc) is 3.07. The van der Waals surface area contributed by atoms with Crippen molar-refractivity contribution in [3.8, 4) is 5.75 Å². The SMILES string of the molecule is COc1ccc(CN2C(=O)N[C@@H](CC(=O)N3CCOC(c4ccccc4)C3)C2=O)cc1. The lowest BCUT2D eigenvalue weighted by Crippen LogP contribution is -2.45. The highest BCUT2D eigenvalue weighted by atomic mass is 16.5. The molecule has 0 saturated carbocycles. The summed E-state index contributed by atoms with van der Waals surface area (Å²) in [6.45, 7) is 1.46. The lowest BCUT2D eigenvalue weighted by atomic mass is 10.1. The van der Waals surface area contributed by atoms with E-state index in [1.165, 1.54) is 0 Å². The summed E-state index contributed by atoms with van der Waals surface area (Å²) in [6, 6.07) is 15.6. The average molecular weight is 423 g/mol. The molecule has 0 aromatic heterocycles. The fourth-order valence-corrected chi connectivity index (χ4v) is 3.83. The van der Waals surface area contributed by atoms with E-state index in [0.29, 0.717) is 25.4 Å². The zero-order valence-electron chi connectivity index (χ0n) is 17.3. The van der Waals surface area contributed by atoms with Gasteiger partial charge in [-0.25, -0.2) is 4.79 Å². The molecule has 4 rings (SSSR count). The zero-order valence-corrected chi connectivity index (χ0v) is 17.3. The van der Waals surface area contributed by atoms with Crippen LogP contribution >= 0.6 is 0 Å². The third-order valence-electron chi connectivity index (χ3n) is 5.58. The van der Waals surface area contributed by atoms with Gasteiger partial charge >= 0.3 is 6.03 Å². The standard InChI is InChI=1S/C23H25N3O5/c1-30-18-9-7-16(8-10-18)14-26-22(28)19(24-23(26)29)13-21(27)25-11-12-31-20(15-25)17-5-3-2-4-6-17/h2-10,19-20H,11-15H2,1H3,(H,24,29)/t19-,20?/m0/s1. The van der Waals surface area contributed by atoms with Crippen LogP contribution in [0.5, 0.6) is 5.75 Å². The number of hydrogen-bond acceptors (Lipinski definition) is 5. The number of nitrogens with zero attached hydrogens (tertiary/aromatic N) is 2. The smallest absolute Gasteiger partial charge is 0.325 e. The van der Waals surface area contributed by atoms with E-state index in [1.807, 2.05) is 30.3 Å². The maximum Gasteiger partial charge on any atom is 0.325 e. The number of hydrogen-bond donors (Lipinski definition) is 1. The predicted molar refractivity (Wildman–Crippen MR) is 112 cm³/mol. The molecule has 2 aliphatic heterocycles. The van der Waals surface area contributed by atoms with Gasteiger partial charge < -0.3 is 19.7 Å². The number of morpholine rings is 1. The minimum absolute atomic E-state index is 0.0643. The minimum Gasteiger partial charge on any atom is -0.497 e. The zero-order chi connectivity index (χ0) is 21.8. The molecule has 0 bridgehead atoms. The molecular weight excluding hydrogens is 398 g/mol. The van der Waals surface area contributed by atoms with E-state index in [4.69, 9.17) is 9.47 Å². The highest BCUT2D eigenvalue weighted by Gasteiger charge is 2.40. The summed E-state index contributed by atoms with van der Waals surface area (Å²) in [4.78, 5) is 40.8. The Morgan fingerprint density at radius 3 is 2.58 bits per heavy atom. The van der Waals surface area contributed by atoms with Gasteiger partial charge in [0, 0.05) is 6.54 Å². The molecule has 8 nitrogen and oxygen atoms in total. The number of nitrogens with one attached hydrogen (secondary N) is 1. The number of benzene rings is 2. The number of carbonyl (C=O) groups excluding carboxylic acids is 3. The van der Waals surface area contributed by atoms with Crippen molar-refractivity contribution < 1.29 is 23.9 Å². The van der Waals surface area contributed by atoms with E-state index in [0.717, 1.165) is 16.0 Å². The Hall–Kier alpha value is -3.39. The second-order valence-electron chi connectivity index (χ2n) is 7.59. The van der Waals surface area contributed by atoms with Crippen molar-refractivity contribution in [3.63, 3.8) is 0 Å². The molecule has 0 radical (unpaired) electrons. The molecule has 2 atom stereocenters. The third-order valence-corrected chi connectivity index (χ3v) is 5.58. The Kier molecular flexibility index (Phi) is 6.18. The second-order valence-corrected chi connectivity index (χ2v) is 7.59. The van der Waals surface area contributed by atoms with Crippen molar-refractivity contribution >= 4 is 17.8 Å². The second kappa shape index (κ2) is 9.18. The van der Waals surface area contributed by atoms with Crippen LogP contribution in [0.15, 0.2) is 54.6 Å². The highest BCUT2D eigenvalue weighted by Crippen LogP contribution is 2.23. The van der Waals surface area contributed by atoms with Gasteiger partial charge in [-0.1, -0.05) is 42.5 Å². The number of ether oxygens (including phenoxy) is 2. The van der Waals surface area contributed by atoms with Gasteiger partial charge in [0.05, 0.1) is 33.2 Å². The molecule has 162 valence electrons. The summed E-state index contributed by atoms with van der Waals surface area (Å²) in [6.07, 6.45) is -0.259. The molecule has 0 spiro atoms. The van der Waals surface area contributed by atoms with E-state index in [2.05, 4.69) is 5.32 Å². The van der Waals surface area contributed by atoms with Gasteiger partial charge in [0.25, 0.3) is 5.91 Å². The topological polar surface area (TPSA) is 88.2 Å². The Morgan fingerprint density at radius 2 is 1.87 bits per heavy atom. The molecule has 2 saturated heterocycles. The summed E-state index contributed by atoms with van der Waals surface area (Å²) in [5, 5.41) is 2.64. The lowest BCUT2D eigenvalue weighted by Gasteiger charge is -2.33. The first-order valence-corrected chi connectivity index (χ1v) is 10.2. The van der Waals surface area contributed by atoms with Crippen molar-refractivity contribution in [1.29, 1.82) is 0 Å². The van der Waals surface area contributed by atoms with Gasteiger partial charge in [0.1, 0.15) is 17.9 Å². The molecule has 1 N–H and O–H groups in total. The van der Waals surface area contributed by atoms with E-state index < -0.39 is 12.1 Å². The Balaban J connectivity index is 1.36. The molecule has 1 unspecified atom stereocenters. The summed E-state index contributed by atoms with van der Waals surface area (Å²) in [5.74, 6) is 0.139. The van der Waals surface area contributed by atoms with Crippen LogP contribution in [0, 0.1) is 0 Å². The van der Waals surface area contributed by atoms with Gasteiger partial charge in [-0.15, -0.1) is 0 Å². The van der Waals surface area contributed by atoms with Crippen LogP contribution < -0.4 is 10.1 Å². The van der Waals surface area contributed by atoms with Crippen LogP contribution in [0.1, 0.15) is 23.7 Å². The first kappa shape index (κ1) is 20.9. The van der Waals surface area contributed by atoms with Crippen LogP contribution in [-0.2, 0) is 20.9 Å². The molecule has 4 amide bonds. The molecule has 31 heavy (non-hydrogen) atoms. The summed E-state index contributed by atoms with van der Waals surface area (Å²) < 4.78 is 10.9. The van der Waals surface area contributed by atoms with Gasteiger partial charge in [-0.3, -0.25) is 14.5 Å². The first-order valence-electron chi connectivity index (χ1n) is 10.2. The maximum absolute atomic E-state index is 12.9.